The molecule has 13 unspecified atom stereocenters. The summed E-state index contributed by atoms with van der Waals surface area (Å²) in [5, 5.41) is 82.8. The Morgan fingerprint density at radius 3 is 1.37 bits per heavy atom. The molecule has 2 aliphatic rings. The van der Waals surface area contributed by atoms with Crippen LogP contribution in [0.25, 0.3) is 0 Å². The highest BCUT2D eigenvalue weighted by molar-refractivity contribution is 7.47. The number of hydrogen-bond donors (Lipinski definition) is 9. The number of carbonyl (C=O) groups excluding carboxylic acids is 2. The molecule has 1 aliphatic heterocycles. The molecular formula is C46H87O18P. The molecule has 1 saturated carbocycles. The molecule has 0 aromatic heterocycles. The van der Waals surface area contributed by atoms with Gasteiger partial charge in [0.1, 0.15) is 67.6 Å². The average molecular weight is 959 g/mol. The van der Waals surface area contributed by atoms with Gasteiger partial charge in [0.05, 0.1) is 13.2 Å². The van der Waals surface area contributed by atoms with Crippen molar-refractivity contribution < 1.29 is 87.9 Å². The number of aliphatic hydroxyl groups is 8. The van der Waals surface area contributed by atoms with Crippen molar-refractivity contribution in [2.45, 2.75) is 261 Å². The van der Waals surface area contributed by atoms with Crippen LogP contribution in [0.2, 0.25) is 0 Å². The number of carbonyl (C=O) groups is 2. The number of phosphoric ester groups is 1. The highest BCUT2D eigenvalue weighted by Gasteiger charge is 2.55. The second-order valence-electron chi connectivity index (χ2n) is 18.0. The first-order valence-electron chi connectivity index (χ1n) is 24.9. The van der Waals surface area contributed by atoms with Gasteiger partial charge in [0.15, 0.2) is 12.4 Å². The Hall–Kier alpha value is -1.35. The van der Waals surface area contributed by atoms with Gasteiger partial charge in [0, 0.05) is 12.8 Å². The average Bonchev–Trinajstić information content (AvgIpc) is 3.28. The van der Waals surface area contributed by atoms with E-state index in [0.29, 0.717) is 12.8 Å². The Morgan fingerprint density at radius 2 is 0.923 bits per heavy atom. The van der Waals surface area contributed by atoms with E-state index in [1.165, 1.54) is 96.3 Å². The standard InChI is InChI=1S/C46H87O18P/c1-3-5-7-9-11-13-15-17-19-21-23-25-27-29-36(49)61-33(31-59-35(48)28-26-24-22-20-18-16-14-12-10-8-6-4-2)32-60-65(57,58)64-45-42(55)40(53)39(52)41(54)44(45)63-46-43(56)38(51)37(50)34(30-47)62-46/h33-34,37-47,50-56H,3-32H2,1-2H3,(H,57,58). The maximum absolute atomic E-state index is 13.4. The Kier molecular flexibility index (Phi) is 32.1. The quantitative estimate of drug-likeness (QED) is 0.0219. The lowest BCUT2D eigenvalue weighted by atomic mass is 9.84. The first-order valence-corrected chi connectivity index (χ1v) is 26.4. The van der Waals surface area contributed by atoms with E-state index >= 15 is 0 Å². The maximum atomic E-state index is 13.4. The number of phosphoric acid groups is 1. The van der Waals surface area contributed by atoms with Crippen LogP contribution in [-0.4, -0.2) is 151 Å². The van der Waals surface area contributed by atoms with Gasteiger partial charge in [-0.3, -0.25) is 18.6 Å². The largest absolute Gasteiger partial charge is 0.472 e. The van der Waals surface area contributed by atoms with Crippen molar-refractivity contribution >= 4 is 19.8 Å². The molecule has 0 bridgehead atoms. The third kappa shape index (κ3) is 24.2. The molecule has 13 atom stereocenters. The fourth-order valence-corrected chi connectivity index (χ4v) is 9.14. The third-order valence-corrected chi connectivity index (χ3v) is 13.3. The first-order chi connectivity index (χ1) is 31.2. The van der Waals surface area contributed by atoms with Gasteiger partial charge in [-0.15, -0.1) is 0 Å². The molecule has 19 heteroatoms. The smallest absolute Gasteiger partial charge is 0.462 e. The monoisotopic (exact) mass is 959 g/mol. The van der Waals surface area contributed by atoms with Gasteiger partial charge in [-0.05, 0) is 12.8 Å². The lowest BCUT2D eigenvalue weighted by Crippen LogP contribution is -2.67. The molecule has 0 amide bonds. The van der Waals surface area contributed by atoms with Gasteiger partial charge >= 0.3 is 19.8 Å². The zero-order chi connectivity index (χ0) is 48.0. The van der Waals surface area contributed by atoms with Gasteiger partial charge in [0.2, 0.25) is 0 Å². The van der Waals surface area contributed by atoms with Crippen LogP contribution < -0.4 is 0 Å². The predicted octanol–water partition coefficient (Wildman–Crippen LogP) is 5.16. The molecule has 9 N–H and O–H groups in total. The van der Waals surface area contributed by atoms with Crippen LogP contribution in [0.1, 0.15) is 187 Å². The lowest BCUT2D eigenvalue weighted by molar-refractivity contribution is -0.338. The summed E-state index contributed by atoms with van der Waals surface area (Å²) in [6, 6.07) is 0. The van der Waals surface area contributed by atoms with Crippen LogP contribution in [0.4, 0.5) is 0 Å². The Labute approximate surface area is 387 Å². The van der Waals surface area contributed by atoms with Crippen LogP contribution in [0, 0.1) is 0 Å². The Balaban J connectivity index is 1.96. The summed E-state index contributed by atoms with van der Waals surface area (Å²) in [5.74, 6) is -1.21. The molecule has 2 fully saturated rings. The minimum absolute atomic E-state index is 0.0394. The summed E-state index contributed by atoms with van der Waals surface area (Å²) in [6.07, 6.45) is 4.80. The number of esters is 2. The van der Waals surface area contributed by atoms with E-state index in [4.69, 9.17) is 28.0 Å². The van der Waals surface area contributed by atoms with Gasteiger partial charge in [-0.25, -0.2) is 4.57 Å². The molecule has 18 nitrogen and oxygen atoms in total. The second-order valence-corrected chi connectivity index (χ2v) is 19.4. The van der Waals surface area contributed by atoms with Crippen molar-refractivity contribution in [1.82, 2.24) is 0 Å². The van der Waals surface area contributed by atoms with Crippen LogP contribution >= 0.6 is 7.82 Å². The minimum Gasteiger partial charge on any atom is -0.462 e. The van der Waals surface area contributed by atoms with Gasteiger partial charge in [-0.1, -0.05) is 162 Å². The second kappa shape index (κ2) is 34.9. The SMILES string of the molecule is CCCCCCCCCCCCCCCC(=O)OC(COC(=O)CCCCCCCCCCCCCC)COP(=O)(O)OC1C(O)C(O)C(O)C(O)C1OC1OC(CO)C(O)C(O)C1O. The van der Waals surface area contributed by atoms with Crippen LogP contribution in [0.3, 0.4) is 0 Å². The molecule has 1 heterocycles. The van der Waals surface area contributed by atoms with Crippen LogP contribution in [-0.2, 0) is 42.1 Å². The molecule has 1 aliphatic carbocycles. The van der Waals surface area contributed by atoms with E-state index in [-0.39, 0.29) is 12.8 Å². The van der Waals surface area contributed by atoms with Crippen molar-refractivity contribution in [3.63, 3.8) is 0 Å². The molecule has 0 aromatic rings. The fraction of sp³-hybridized carbons (Fsp3) is 0.957. The maximum Gasteiger partial charge on any atom is 0.472 e. The summed E-state index contributed by atoms with van der Waals surface area (Å²) < 4.78 is 45.4. The molecule has 0 aromatic carbocycles. The van der Waals surface area contributed by atoms with E-state index in [1.54, 1.807) is 0 Å². The van der Waals surface area contributed by atoms with E-state index in [1.807, 2.05) is 0 Å². The third-order valence-electron chi connectivity index (χ3n) is 12.3. The zero-order valence-corrected chi connectivity index (χ0v) is 40.2. The van der Waals surface area contributed by atoms with Crippen LogP contribution in [0.15, 0.2) is 0 Å². The van der Waals surface area contributed by atoms with Gasteiger partial charge < -0.3 is 64.7 Å². The summed E-state index contributed by atoms with van der Waals surface area (Å²) in [5.41, 5.74) is 0. The normalized spacial score (nSPS) is 28.4. The number of rotatable bonds is 38. The Bertz CT molecular complexity index is 1280. The van der Waals surface area contributed by atoms with Crippen molar-refractivity contribution in [3.8, 4) is 0 Å². The molecule has 65 heavy (non-hydrogen) atoms. The minimum atomic E-state index is -5.36. The van der Waals surface area contributed by atoms with Gasteiger partial charge in [0.25, 0.3) is 0 Å². The van der Waals surface area contributed by atoms with E-state index < -0.39 is 113 Å². The number of aliphatic hydroxyl groups excluding tert-OH is 8. The predicted molar refractivity (Wildman–Crippen MR) is 240 cm³/mol. The van der Waals surface area contributed by atoms with Crippen molar-refractivity contribution in [2.75, 3.05) is 19.8 Å². The van der Waals surface area contributed by atoms with Crippen molar-refractivity contribution in [3.05, 3.63) is 0 Å². The van der Waals surface area contributed by atoms with E-state index in [0.717, 1.165) is 51.4 Å². The molecule has 0 radical (unpaired) electrons. The van der Waals surface area contributed by atoms with E-state index in [9.17, 15) is 59.9 Å². The number of ether oxygens (including phenoxy) is 4. The lowest BCUT2D eigenvalue weighted by Gasteiger charge is -2.47. The van der Waals surface area contributed by atoms with Crippen molar-refractivity contribution in [2.24, 2.45) is 0 Å². The first kappa shape index (κ1) is 59.8. The van der Waals surface area contributed by atoms with E-state index in [2.05, 4.69) is 13.8 Å². The van der Waals surface area contributed by atoms with Crippen LogP contribution in [0.5, 0.6) is 0 Å². The Morgan fingerprint density at radius 1 is 0.523 bits per heavy atom. The molecule has 1 saturated heterocycles. The zero-order valence-electron chi connectivity index (χ0n) is 39.3. The highest BCUT2D eigenvalue weighted by Crippen LogP contribution is 2.48. The fourth-order valence-electron chi connectivity index (χ4n) is 8.17. The van der Waals surface area contributed by atoms with Gasteiger partial charge in [-0.2, -0.15) is 0 Å². The number of hydrogen-bond acceptors (Lipinski definition) is 17. The molecule has 384 valence electrons. The number of unbranched alkanes of at least 4 members (excludes halogenated alkanes) is 23. The summed E-state index contributed by atoms with van der Waals surface area (Å²) >= 11 is 0. The summed E-state index contributed by atoms with van der Waals surface area (Å²) in [4.78, 5) is 36.5. The van der Waals surface area contributed by atoms with Crippen molar-refractivity contribution in [1.29, 1.82) is 0 Å². The summed E-state index contributed by atoms with van der Waals surface area (Å²) in [7, 11) is -5.36. The molecule has 0 spiro atoms. The summed E-state index contributed by atoms with van der Waals surface area (Å²) in [6.45, 7) is 2.22. The topological polar surface area (TPSA) is 289 Å². The molecule has 2 rings (SSSR count). The highest BCUT2D eigenvalue weighted by atomic mass is 31.2. The molecular weight excluding hydrogens is 871 g/mol.